The van der Waals surface area contributed by atoms with Crippen molar-refractivity contribution in [2.45, 2.75) is 37.0 Å². The van der Waals surface area contributed by atoms with Gasteiger partial charge in [0.2, 0.25) is 0 Å². The lowest BCUT2D eigenvalue weighted by Gasteiger charge is -2.22. The first kappa shape index (κ1) is 17.7. The van der Waals surface area contributed by atoms with Gasteiger partial charge in [-0.15, -0.1) is 0 Å². The Bertz CT molecular complexity index is 458. The third kappa shape index (κ3) is 6.31. The van der Waals surface area contributed by atoms with Crippen LogP contribution in [0.25, 0.3) is 0 Å². The molecule has 3 N–H and O–H groups in total. The molecule has 21 heavy (non-hydrogen) atoms. The summed E-state index contributed by atoms with van der Waals surface area (Å²) in [6.45, 7) is 3.84. The number of aliphatic hydroxyl groups is 1. The van der Waals surface area contributed by atoms with Crippen LogP contribution in [-0.4, -0.2) is 29.5 Å². The molecule has 0 aliphatic carbocycles. The van der Waals surface area contributed by atoms with Crippen molar-refractivity contribution in [1.82, 2.24) is 5.32 Å². The van der Waals surface area contributed by atoms with Crippen molar-refractivity contribution in [3.8, 4) is 0 Å². The standard InChI is InChI=1S/C14H20F2N2O2S/c1-9(2)10(7-8-19)17-14(20)18-11-5-3-4-6-12(11)21-13(15)16/h3-6,9-10,13,19H,7-8H2,1-2H3,(H2,17,18,20). The normalized spacial score (nSPS) is 12.5. The Balaban J connectivity index is 2.70. The average Bonchev–Trinajstić information content (AvgIpc) is 2.39. The first-order valence-electron chi connectivity index (χ1n) is 6.66. The summed E-state index contributed by atoms with van der Waals surface area (Å²) in [6.07, 6.45) is 0.443. The predicted octanol–water partition coefficient (Wildman–Crippen LogP) is 3.53. The third-order valence-electron chi connectivity index (χ3n) is 2.91. The summed E-state index contributed by atoms with van der Waals surface area (Å²) in [5, 5.41) is 14.3. The lowest BCUT2D eigenvalue weighted by Crippen LogP contribution is -2.41. The number of urea groups is 1. The monoisotopic (exact) mass is 318 g/mol. The zero-order valence-corrected chi connectivity index (χ0v) is 12.8. The van der Waals surface area contributed by atoms with Crippen molar-refractivity contribution in [2.75, 3.05) is 11.9 Å². The van der Waals surface area contributed by atoms with Crippen molar-refractivity contribution in [3.05, 3.63) is 24.3 Å². The van der Waals surface area contributed by atoms with Gasteiger partial charge in [0.15, 0.2) is 0 Å². The molecule has 0 saturated carbocycles. The number of anilines is 1. The van der Waals surface area contributed by atoms with E-state index in [9.17, 15) is 13.6 Å². The molecule has 0 bridgehead atoms. The molecule has 1 aromatic rings. The Labute approximate surface area is 127 Å². The van der Waals surface area contributed by atoms with Gasteiger partial charge in [-0.25, -0.2) is 4.79 Å². The van der Waals surface area contributed by atoms with Gasteiger partial charge in [-0.1, -0.05) is 37.7 Å². The molecule has 1 atom stereocenters. The van der Waals surface area contributed by atoms with Crippen LogP contribution in [0.1, 0.15) is 20.3 Å². The second-order valence-electron chi connectivity index (χ2n) is 4.84. The van der Waals surface area contributed by atoms with Crippen LogP contribution < -0.4 is 10.6 Å². The topological polar surface area (TPSA) is 61.4 Å². The molecule has 7 heteroatoms. The Morgan fingerprint density at radius 3 is 2.57 bits per heavy atom. The van der Waals surface area contributed by atoms with Crippen LogP contribution in [0.3, 0.4) is 0 Å². The van der Waals surface area contributed by atoms with Gasteiger partial charge in [-0.2, -0.15) is 8.78 Å². The third-order valence-corrected chi connectivity index (χ3v) is 3.70. The molecule has 1 aromatic carbocycles. The lowest BCUT2D eigenvalue weighted by molar-refractivity contribution is 0.227. The highest BCUT2D eigenvalue weighted by Crippen LogP contribution is 2.31. The molecule has 0 fully saturated rings. The molecular formula is C14H20F2N2O2S. The van der Waals surface area contributed by atoms with E-state index < -0.39 is 11.8 Å². The second kappa shape index (κ2) is 8.84. The minimum absolute atomic E-state index is 0.0268. The van der Waals surface area contributed by atoms with Crippen molar-refractivity contribution in [2.24, 2.45) is 5.92 Å². The molecule has 0 aliphatic rings. The molecule has 0 radical (unpaired) electrons. The molecular weight excluding hydrogens is 298 g/mol. The number of thioether (sulfide) groups is 1. The minimum atomic E-state index is -2.55. The highest BCUT2D eigenvalue weighted by molar-refractivity contribution is 7.99. The molecule has 0 spiro atoms. The van der Waals surface area contributed by atoms with Crippen molar-refractivity contribution < 1.29 is 18.7 Å². The van der Waals surface area contributed by atoms with E-state index >= 15 is 0 Å². The molecule has 0 aromatic heterocycles. The van der Waals surface area contributed by atoms with Crippen LogP contribution >= 0.6 is 11.8 Å². The molecule has 0 aliphatic heterocycles. The Hall–Kier alpha value is -1.34. The lowest BCUT2D eigenvalue weighted by atomic mass is 10.0. The number of benzene rings is 1. The molecule has 1 rings (SSSR count). The number of para-hydroxylation sites is 1. The number of rotatable bonds is 7. The van der Waals surface area contributed by atoms with E-state index in [-0.39, 0.29) is 18.6 Å². The molecule has 0 heterocycles. The number of hydrogen-bond acceptors (Lipinski definition) is 3. The van der Waals surface area contributed by atoms with Gasteiger partial charge in [0.25, 0.3) is 5.76 Å². The quantitative estimate of drug-likeness (QED) is 0.674. The van der Waals surface area contributed by atoms with E-state index in [2.05, 4.69) is 10.6 Å². The van der Waals surface area contributed by atoms with E-state index in [0.29, 0.717) is 28.8 Å². The molecule has 4 nitrogen and oxygen atoms in total. The van der Waals surface area contributed by atoms with E-state index in [1.807, 2.05) is 13.8 Å². The summed E-state index contributed by atoms with van der Waals surface area (Å²) >= 11 is 0.387. The zero-order valence-electron chi connectivity index (χ0n) is 12.0. The fourth-order valence-corrected chi connectivity index (χ4v) is 2.40. The van der Waals surface area contributed by atoms with E-state index in [4.69, 9.17) is 5.11 Å². The number of hydrogen-bond donors (Lipinski definition) is 3. The second-order valence-corrected chi connectivity index (χ2v) is 5.87. The SMILES string of the molecule is CC(C)C(CCO)NC(=O)Nc1ccccc1SC(F)F. The number of amides is 2. The zero-order chi connectivity index (χ0) is 15.8. The summed E-state index contributed by atoms with van der Waals surface area (Å²) < 4.78 is 24.9. The van der Waals surface area contributed by atoms with Crippen molar-refractivity contribution >= 4 is 23.5 Å². The van der Waals surface area contributed by atoms with Crippen molar-refractivity contribution in [3.63, 3.8) is 0 Å². The van der Waals surface area contributed by atoms with E-state index in [0.717, 1.165) is 0 Å². The number of halogens is 2. The van der Waals surface area contributed by atoms with Gasteiger partial charge in [0.1, 0.15) is 0 Å². The fraction of sp³-hybridized carbons (Fsp3) is 0.500. The van der Waals surface area contributed by atoms with Crippen LogP contribution in [0.5, 0.6) is 0 Å². The highest BCUT2D eigenvalue weighted by atomic mass is 32.2. The van der Waals surface area contributed by atoms with Gasteiger partial charge in [-0.05, 0) is 24.5 Å². The number of alkyl halides is 2. The maximum Gasteiger partial charge on any atom is 0.319 e. The summed E-state index contributed by atoms with van der Waals surface area (Å²) in [5.41, 5.74) is 0.340. The average molecular weight is 318 g/mol. The Kier molecular flexibility index (Phi) is 7.45. The van der Waals surface area contributed by atoms with Crippen LogP contribution in [0.15, 0.2) is 29.2 Å². The smallest absolute Gasteiger partial charge is 0.319 e. The predicted molar refractivity (Wildman–Crippen MR) is 80.8 cm³/mol. The highest BCUT2D eigenvalue weighted by Gasteiger charge is 2.17. The largest absolute Gasteiger partial charge is 0.396 e. The summed E-state index contributed by atoms with van der Waals surface area (Å²) in [4.78, 5) is 12.3. The summed E-state index contributed by atoms with van der Waals surface area (Å²) in [6, 6.07) is 5.75. The fourth-order valence-electron chi connectivity index (χ4n) is 1.81. The molecule has 118 valence electrons. The van der Waals surface area contributed by atoms with Gasteiger partial charge < -0.3 is 15.7 Å². The Morgan fingerprint density at radius 2 is 2.00 bits per heavy atom. The first-order chi connectivity index (χ1) is 9.93. The Morgan fingerprint density at radius 1 is 1.33 bits per heavy atom. The summed E-state index contributed by atoms with van der Waals surface area (Å²) in [7, 11) is 0. The molecule has 0 saturated heterocycles. The van der Waals surface area contributed by atoms with Crippen molar-refractivity contribution in [1.29, 1.82) is 0 Å². The molecule has 2 amide bonds. The van der Waals surface area contributed by atoms with E-state index in [1.54, 1.807) is 18.2 Å². The maximum atomic E-state index is 12.5. The van der Waals surface area contributed by atoms with Gasteiger partial charge in [0.05, 0.1) is 5.69 Å². The maximum absolute atomic E-state index is 12.5. The van der Waals surface area contributed by atoms with E-state index in [1.165, 1.54) is 6.07 Å². The summed E-state index contributed by atoms with van der Waals surface area (Å²) in [5.74, 6) is -2.39. The van der Waals surface area contributed by atoms with Crippen LogP contribution in [-0.2, 0) is 0 Å². The van der Waals surface area contributed by atoms with Crippen LogP contribution in [0.2, 0.25) is 0 Å². The minimum Gasteiger partial charge on any atom is -0.396 e. The number of carbonyl (C=O) groups is 1. The van der Waals surface area contributed by atoms with Gasteiger partial charge >= 0.3 is 6.03 Å². The van der Waals surface area contributed by atoms with Gasteiger partial charge in [-0.3, -0.25) is 0 Å². The van der Waals surface area contributed by atoms with Crippen LogP contribution in [0.4, 0.5) is 19.3 Å². The number of aliphatic hydroxyl groups excluding tert-OH is 1. The molecule has 1 unspecified atom stereocenters. The number of carbonyl (C=O) groups excluding carboxylic acids is 1. The first-order valence-corrected chi connectivity index (χ1v) is 7.54. The number of nitrogens with one attached hydrogen (secondary N) is 2. The van der Waals surface area contributed by atoms with Crippen LogP contribution in [0, 0.1) is 5.92 Å². The van der Waals surface area contributed by atoms with Gasteiger partial charge in [0, 0.05) is 17.5 Å².